The normalized spacial score (nSPS) is 12.6. The van der Waals surface area contributed by atoms with E-state index in [1.54, 1.807) is 13.0 Å². The van der Waals surface area contributed by atoms with Gasteiger partial charge in [-0.15, -0.1) is 0 Å². The van der Waals surface area contributed by atoms with Crippen molar-refractivity contribution in [2.24, 2.45) is 0 Å². The van der Waals surface area contributed by atoms with Crippen molar-refractivity contribution in [1.82, 2.24) is 10.6 Å². The molecule has 0 aliphatic rings. The van der Waals surface area contributed by atoms with Gasteiger partial charge in [0.25, 0.3) is 10.1 Å². The smallest absolute Gasteiger partial charge is 0.283 e. The van der Waals surface area contributed by atoms with Gasteiger partial charge in [-0.2, -0.15) is 8.42 Å². The van der Waals surface area contributed by atoms with Crippen molar-refractivity contribution >= 4 is 16.0 Å². The number of amides is 1. The van der Waals surface area contributed by atoms with Crippen LogP contribution in [0.2, 0.25) is 0 Å². The average molecular weight is 366 g/mol. The second-order valence-corrected chi connectivity index (χ2v) is 7.03. The molecule has 0 aliphatic heterocycles. The Morgan fingerprint density at radius 1 is 1.16 bits per heavy atom. The van der Waals surface area contributed by atoms with Crippen LogP contribution in [0.4, 0.5) is 4.39 Å². The first kappa shape index (κ1) is 19.0. The number of carbonyl (C=O) groups excluding carboxylic acids is 1. The van der Waals surface area contributed by atoms with Crippen molar-refractivity contribution in [2.45, 2.75) is 19.5 Å². The summed E-state index contributed by atoms with van der Waals surface area (Å²) in [5.74, 6) is -1.65. The lowest BCUT2D eigenvalue weighted by Crippen LogP contribution is -2.43. The first-order valence-corrected chi connectivity index (χ1v) is 9.16. The molecule has 1 atom stereocenters. The molecule has 2 rings (SSSR count). The molecule has 0 bridgehead atoms. The molecule has 134 valence electrons. The molecule has 8 heteroatoms. The summed E-state index contributed by atoms with van der Waals surface area (Å²) in [6.07, 6.45) is 0. The quantitative estimate of drug-likeness (QED) is 0.651. The molecule has 0 aromatic heterocycles. The van der Waals surface area contributed by atoms with Crippen molar-refractivity contribution in [3.63, 3.8) is 0 Å². The second-order valence-electron chi connectivity index (χ2n) is 5.58. The molecule has 0 saturated carbocycles. The third-order valence-corrected chi connectivity index (χ3v) is 4.06. The molecule has 0 heterocycles. The Labute approximate surface area is 145 Å². The zero-order chi connectivity index (χ0) is 18.4. The molecule has 0 saturated heterocycles. The van der Waals surface area contributed by atoms with E-state index in [0.29, 0.717) is 6.54 Å². The van der Waals surface area contributed by atoms with Gasteiger partial charge < -0.3 is 10.6 Å². The molecular weight excluding hydrogens is 347 g/mol. The van der Waals surface area contributed by atoms with E-state index in [0.717, 1.165) is 16.7 Å². The number of halogens is 1. The van der Waals surface area contributed by atoms with Crippen LogP contribution in [0.1, 0.15) is 12.5 Å². The largest absolute Gasteiger partial charge is 0.339 e. The molecule has 1 amide bonds. The minimum atomic E-state index is -4.24. The number of nitrogens with one attached hydrogen (secondary N) is 2. The number of hydrogen-bond acceptors (Lipinski definition) is 4. The van der Waals surface area contributed by atoms with Gasteiger partial charge in [-0.1, -0.05) is 36.4 Å². The number of benzene rings is 2. The van der Waals surface area contributed by atoms with Gasteiger partial charge in [-0.25, -0.2) is 4.39 Å². The summed E-state index contributed by atoms with van der Waals surface area (Å²) >= 11 is 0. The highest BCUT2D eigenvalue weighted by Gasteiger charge is 2.14. The lowest BCUT2D eigenvalue weighted by molar-refractivity contribution is -0.122. The summed E-state index contributed by atoms with van der Waals surface area (Å²) in [5.41, 5.74) is 2.56. The highest BCUT2D eigenvalue weighted by atomic mass is 32.2. The summed E-state index contributed by atoms with van der Waals surface area (Å²) < 4.78 is 43.1. The predicted molar refractivity (Wildman–Crippen MR) is 92.7 cm³/mol. The lowest BCUT2D eigenvalue weighted by atomic mass is 10.0. The molecule has 0 aliphatic carbocycles. The maximum absolute atomic E-state index is 13.3. The van der Waals surface area contributed by atoms with Crippen LogP contribution in [-0.2, 0) is 21.5 Å². The molecular formula is C17H19FN2O4S. The Kier molecular flexibility index (Phi) is 6.24. The Balaban J connectivity index is 1.90. The van der Waals surface area contributed by atoms with Crippen molar-refractivity contribution < 1.29 is 22.2 Å². The van der Waals surface area contributed by atoms with Crippen LogP contribution in [0.5, 0.6) is 0 Å². The van der Waals surface area contributed by atoms with Gasteiger partial charge >= 0.3 is 0 Å². The maximum atomic E-state index is 13.3. The minimum absolute atomic E-state index is 0.298. The highest BCUT2D eigenvalue weighted by Crippen LogP contribution is 2.20. The zero-order valence-electron chi connectivity index (χ0n) is 13.6. The minimum Gasteiger partial charge on any atom is -0.339 e. The van der Waals surface area contributed by atoms with Crippen molar-refractivity contribution in [3.8, 4) is 11.1 Å². The summed E-state index contributed by atoms with van der Waals surface area (Å²) in [4.78, 5) is 11.7. The number of carbonyl (C=O) groups is 1. The molecule has 6 nitrogen and oxygen atoms in total. The van der Waals surface area contributed by atoms with Gasteiger partial charge in [0.05, 0.1) is 6.04 Å². The third kappa shape index (κ3) is 6.26. The summed E-state index contributed by atoms with van der Waals surface area (Å²) in [6, 6.07) is 13.1. The maximum Gasteiger partial charge on any atom is 0.283 e. The molecule has 0 fully saturated rings. The van der Waals surface area contributed by atoms with Crippen molar-refractivity contribution in [1.29, 1.82) is 0 Å². The van der Waals surface area contributed by atoms with Crippen LogP contribution in [-0.4, -0.2) is 30.8 Å². The van der Waals surface area contributed by atoms with E-state index in [1.807, 2.05) is 30.3 Å². The van der Waals surface area contributed by atoms with Gasteiger partial charge in [0, 0.05) is 6.54 Å². The standard InChI is InChI=1S/C17H19FN2O4S/c1-12(17(21)20-11-25(22,23)24)19-10-13-5-7-14(8-6-13)15-3-2-4-16(18)9-15/h2-9,12,19H,10-11H2,1H3,(H,20,21)(H,22,23,24)/t12-/m0/s1. The van der Waals surface area contributed by atoms with Crippen LogP contribution < -0.4 is 10.6 Å². The van der Waals surface area contributed by atoms with Gasteiger partial charge in [0.1, 0.15) is 11.7 Å². The van der Waals surface area contributed by atoms with E-state index < -0.39 is 27.9 Å². The fourth-order valence-electron chi connectivity index (χ4n) is 2.16. The van der Waals surface area contributed by atoms with Crippen LogP contribution in [0, 0.1) is 5.82 Å². The Morgan fingerprint density at radius 3 is 2.44 bits per heavy atom. The molecule has 0 radical (unpaired) electrons. The first-order chi connectivity index (χ1) is 11.7. The van der Waals surface area contributed by atoms with Crippen LogP contribution in [0.15, 0.2) is 48.5 Å². The topological polar surface area (TPSA) is 95.5 Å². The van der Waals surface area contributed by atoms with E-state index in [2.05, 4.69) is 10.6 Å². The van der Waals surface area contributed by atoms with Crippen molar-refractivity contribution in [3.05, 3.63) is 59.9 Å². The van der Waals surface area contributed by atoms with Crippen LogP contribution >= 0.6 is 0 Å². The van der Waals surface area contributed by atoms with E-state index in [9.17, 15) is 17.6 Å². The highest BCUT2D eigenvalue weighted by molar-refractivity contribution is 7.85. The molecule has 25 heavy (non-hydrogen) atoms. The monoisotopic (exact) mass is 366 g/mol. The fourth-order valence-corrected chi connectivity index (χ4v) is 2.49. The fraction of sp³-hybridized carbons (Fsp3) is 0.235. The Morgan fingerprint density at radius 2 is 1.84 bits per heavy atom. The van der Waals surface area contributed by atoms with Gasteiger partial charge in [-0.05, 0) is 35.7 Å². The molecule has 2 aromatic carbocycles. The van der Waals surface area contributed by atoms with Crippen LogP contribution in [0.3, 0.4) is 0 Å². The SMILES string of the molecule is C[C@H](NCc1ccc(-c2cccc(F)c2)cc1)C(=O)NCS(=O)(=O)O. The zero-order valence-corrected chi connectivity index (χ0v) is 14.4. The van der Waals surface area contributed by atoms with Crippen LogP contribution in [0.25, 0.3) is 11.1 Å². The Bertz CT molecular complexity index is 838. The van der Waals surface area contributed by atoms with E-state index >= 15 is 0 Å². The number of rotatable bonds is 7. The van der Waals surface area contributed by atoms with E-state index in [1.165, 1.54) is 12.1 Å². The van der Waals surface area contributed by atoms with E-state index in [4.69, 9.17) is 4.55 Å². The summed E-state index contributed by atoms with van der Waals surface area (Å²) in [5, 5.41) is 5.07. The van der Waals surface area contributed by atoms with E-state index in [-0.39, 0.29) is 5.82 Å². The second kappa shape index (κ2) is 8.19. The number of hydrogen-bond donors (Lipinski definition) is 3. The van der Waals surface area contributed by atoms with Gasteiger partial charge in [0.2, 0.25) is 5.91 Å². The van der Waals surface area contributed by atoms with Crippen molar-refractivity contribution in [2.75, 3.05) is 5.88 Å². The predicted octanol–water partition coefficient (Wildman–Crippen LogP) is 1.93. The average Bonchev–Trinajstić information content (AvgIpc) is 2.57. The molecule has 3 N–H and O–H groups in total. The molecule has 0 unspecified atom stereocenters. The van der Waals surface area contributed by atoms with Gasteiger partial charge in [-0.3, -0.25) is 9.35 Å². The van der Waals surface area contributed by atoms with Gasteiger partial charge in [0.15, 0.2) is 0 Å². The lowest BCUT2D eigenvalue weighted by Gasteiger charge is -2.13. The summed E-state index contributed by atoms with van der Waals surface area (Å²) in [7, 11) is -4.24. The molecule has 0 spiro atoms. The first-order valence-electron chi connectivity index (χ1n) is 7.56. The Hall–Kier alpha value is -2.29. The summed E-state index contributed by atoms with van der Waals surface area (Å²) in [6.45, 7) is 1.98. The molecule has 2 aromatic rings. The third-order valence-electron chi connectivity index (χ3n) is 3.55.